The zero-order valence-electron chi connectivity index (χ0n) is 13.8. The maximum absolute atomic E-state index is 12.8. The number of carbonyl (C=O) groups excluding carboxylic acids is 1. The van der Waals surface area contributed by atoms with Crippen molar-refractivity contribution in [3.8, 4) is 0 Å². The van der Waals surface area contributed by atoms with E-state index in [1.165, 1.54) is 0 Å². The lowest BCUT2D eigenvalue weighted by Crippen LogP contribution is -2.16. The van der Waals surface area contributed by atoms with E-state index in [4.69, 9.17) is 25.4 Å². The van der Waals surface area contributed by atoms with Crippen LogP contribution in [0.15, 0.2) is 24.3 Å². The van der Waals surface area contributed by atoms with Gasteiger partial charge < -0.3 is 13.8 Å². The summed E-state index contributed by atoms with van der Waals surface area (Å²) in [4.78, 5) is 11.9. The number of rotatable bonds is 10. The Balaban J connectivity index is 3.02. The van der Waals surface area contributed by atoms with Gasteiger partial charge in [0.25, 0.3) is 0 Å². The second-order valence-corrected chi connectivity index (χ2v) is 7.45. The lowest BCUT2D eigenvalue weighted by atomic mass is 10.1. The van der Waals surface area contributed by atoms with Crippen molar-refractivity contribution in [2.45, 2.75) is 39.7 Å². The summed E-state index contributed by atoms with van der Waals surface area (Å²) < 4.78 is 28.8. The van der Waals surface area contributed by atoms with Gasteiger partial charge in [0.2, 0.25) is 0 Å². The Kier molecular flexibility index (Phi) is 8.85. The van der Waals surface area contributed by atoms with Crippen molar-refractivity contribution in [2.75, 3.05) is 19.4 Å². The fraction of sp³-hybridized carbons (Fsp3) is 0.562. The Labute approximate surface area is 142 Å². The molecule has 1 aromatic rings. The first-order valence-electron chi connectivity index (χ1n) is 7.77. The SMILES string of the molecule is CCCC(=O)OC(CP(=O)(OCC)OCC)c1cccc(Cl)c1. The molecule has 0 spiro atoms. The second-order valence-electron chi connectivity index (χ2n) is 4.91. The molecule has 23 heavy (non-hydrogen) atoms. The van der Waals surface area contributed by atoms with E-state index in [0.717, 1.165) is 0 Å². The molecule has 0 aromatic heterocycles. The normalized spacial score (nSPS) is 12.9. The van der Waals surface area contributed by atoms with Crippen LogP contribution in [0.4, 0.5) is 0 Å². The van der Waals surface area contributed by atoms with E-state index in [9.17, 15) is 9.36 Å². The molecular weight excluding hydrogens is 339 g/mol. The van der Waals surface area contributed by atoms with Gasteiger partial charge >= 0.3 is 13.6 Å². The summed E-state index contributed by atoms with van der Waals surface area (Å²) in [6.07, 6.45) is 0.210. The van der Waals surface area contributed by atoms with E-state index in [0.29, 0.717) is 23.4 Å². The molecule has 0 aliphatic carbocycles. The summed E-state index contributed by atoms with van der Waals surface area (Å²) in [6.45, 7) is 5.87. The maximum atomic E-state index is 12.8. The Morgan fingerprint density at radius 2 is 1.87 bits per heavy atom. The molecule has 0 saturated carbocycles. The summed E-state index contributed by atoms with van der Waals surface area (Å²) in [6, 6.07) is 6.94. The molecule has 130 valence electrons. The second kappa shape index (κ2) is 10.1. The third-order valence-electron chi connectivity index (χ3n) is 2.99. The van der Waals surface area contributed by atoms with E-state index in [1.807, 2.05) is 6.92 Å². The highest BCUT2D eigenvalue weighted by atomic mass is 35.5. The van der Waals surface area contributed by atoms with Crippen LogP contribution in [-0.2, 0) is 23.1 Å². The van der Waals surface area contributed by atoms with Gasteiger partial charge in [-0.25, -0.2) is 0 Å². The van der Waals surface area contributed by atoms with Crippen LogP contribution in [0.3, 0.4) is 0 Å². The van der Waals surface area contributed by atoms with Crippen LogP contribution in [0.25, 0.3) is 0 Å². The minimum absolute atomic E-state index is 0.0372. The van der Waals surface area contributed by atoms with Crippen LogP contribution >= 0.6 is 19.2 Å². The van der Waals surface area contributed by atoms with Crippen molar-refractivity contribution in [3.63, 3.8) is 0 Å². The summed E-state index contributed by atoms with van der Waals surface area (Å²) in [5, 5.41) is 0.515. The molecule has 1 atom stereocenters. The molecular formula is C16H24ClO5P. The van der Waals surface area contributed by atoms with Gasteiger partial charge in [-0.3, -0.25) is 9.36 Å². The van der Waals surface area contributed by atoms with Crippen LogP contribution in [0.5, 0.6) is 0 Å². The summed E-state index contributed by atoms with van der Waals surface area (Å²) in [5.74, 6) is -0.350. The lowest BCUT2D eigenvalue weighted by Gasteiger charge is -2.24. The van der Waals surface area contributed by atoms with Gasteiger partial charge in [-0.15, -0.1) is 0 Å². The van der Waals surface area contributed by atoms with Crippen molar-refractivity contribution in [1.82, 2.24) is 0 Å². The van der Waals surface area contributed by atoms with Crippen molar-refractivity contribution in [3.05, 3.63) is 34.9 Å². The fourth-order valence-electron chi connectivity index (χ4n) is 2.08. The predicted molar refractivity (Wildman–Crippen MR) is 90.9 cm³/mol. The van der Waals surface area contributed by atoms with Gasteiger partial charge in [0.15, 0.2) is 0 Å². The molecule has 0 aliphatic rings. The number of benzene rings is 1. The first-order valence-corrected chi connectivity index (χ1v) is 9.87. The van der Waals surface area contributed by atoms with Crippen LogP contribution in [0.1, 0.15) is 45.3 Å². The number of esters is 1. The predicted octanol–water partition coefficient (Wildman–Crippen LogP) is 4.99. The van der Waals surface area contributed by atoms with Crippen molar-refractivity contribution in [1.29, 1.82) is 0 Å². The highest BCUT2D eigenvalue weighted by molar-refractivity contribution is 7.53. The van der Waals surface area contributed by atoms with Crippen LogP contribution in [0, 0.1) is 0 Å². The van der Waals surface area contributed by atoms with Crippen LogP contribution < -0.4 is 0 Å². The van der Waals surface area contributed by atoms with Gasteiger partial charge in [0.1, 0.15) is 6.10 Å². The first-order chi connectivity index (χ1) is 10.9. The lowest BCUT2D eigenvalue weighted by molar-refractivity contribution is -0.148. The first kappa shape index (κ1) is 20.2. The van der Waals surface area contributed by atoms with E-state index in [-0.39, 0.29) is 25.3 Å². The third-order valence-corrected chi connectivity index (χ3v) is 5.31. The Morgan fingerprint density at radius 3 is 2.39 bits per heavy atom. The zero-order valence-corrected chi connectivity index (χ0v) is 15.4. The smallest absolute Gasteiger partial charge is 0.334 e. The standard InChI is InChI=1S/C16H24ClO5P/c1-4-8-16(18)22-15(13-9-7-10-14(17)11-13)12-23(19,20-5-2)21-6-3/h7,9-11,15H,4-6,8,12H2,1-3H3. The number of ether oxygens (including phenoxy) is 1. The van der Waals surface area contributed by atoms with Gasteiger partial charge in [-0.05, 0) is 38.0 Å². The summed E-state index contributed by atoms with van der Waals surface area (Å²) in [5.41, 5.74) is 0.668. The van der Waals surface area contributed by atoms with Crippen LogP contribution in [0.2, 0.25) is 5.02 Å². The van der Waals surface area contributed by atoms with E-state index in [1.54, 1.807) is 38.1 Å². The molecule has 0 radical (unpaired) electrons. The maximum Gasteiger partial charge on any atom is 0.334 e. The summed E-state index contributed by atoms with van der Waals surface area (Å²) >= 11 is 6.01. The zero-order chi connectivity index (χ0) is 17.3. The Hall–Kier alpha value is -0.870. The average Bonchev–Trinajstić information content (AvgIpc) is 2.47. The van der Waals surface area contributed by atoms with Gasteiger partial charge in [-0.1, -0.05) is 30.7 Å². The average molecular weight is 363 g/mol. The molecule has 1 unspecified atom stereocenters. The number of hydrogen-bond donors (Lipinski definition) is 0. The Bertz CT molecular complexity index is 539. The van der Waals surface area contributed by atoms with Gasteiger partial charge in [-0.2, -0.15) is 0 Å². The fourth-order valence-corrected chi connectivity index (χ4v) is 4.04. The Morgan fingerprint density at radius 1 is 1.22 bits per heavy atom. The van der Waals surface area contributed by atoms with Gasteiger partial charge in [0.05, 0.1) is 19.4 Å². The molecule has 0 heterocycles. The van der Waals surface area contributed by atoms with E-state index in [2.05, 4.69) is 0 Å². The molecule has 1 rings (SSSR count). The number of hydrogen-bond acceptors (Lipinski definition) is 5. The quantitative estimate of drug-likeness (QED) is 0.433. The highest BCUT2D eigenvalue weighted by Crippen LogP contribution is 2.51. The molecule has 7 heteroatoms. The van der Waals surface area contributed by atoms with Crippen molar-refractivity contribution >= 4 is 25.2 Å². The molecule has 0 amide bonds. The molecule has 0 fully saturated rings. The van der Waals surface area contributed by atoms with Crippen molar-refractivity contribution < 1.29 is 23.1 Å². The molecule has 5 nitrogen and oxygen atoms in total. The van der Waals surface area contributed by atoms with Crippen molar-refractivity contribution in [2.24, 2.45) is 0 Å². The van der Waals surface area contributed by atoms with Gasteiger partial charge in [0, 0.05) is 11.4 Å². The van der Waals surface area contributed by atoms with E-state index < -0.39 is 13.7 Å². The largest absolute Gasteiger partial charge is 0.457 e. The minimum atomic E-state index is -3.35. The summed E-state index contributed by atoms with van der Waals surface area (Å²) in [7, 11) is -3.35. The topological polar surface area (TPSA) is 61.8 Å². The molecule has 0 N–H and O–H groups in total. The van der Waals surface area contributed by atoms with Crippen LogP contribution in [-0.4, -0.2) is 25.3 Å². The highest BCUT2D eigenvalue weighted by Gasteiger charge is 2.31. The monoisotopic (exact) mass is 362 g/mol. The number of halogens is 1. The molecule has 1 aromatic carbocycles. The number of carbonyl (C=O) groups is 1. The minimum Gasteiger partial charge on any atom is -0.457 e. The molecule has 0 bridgehead atoms. The molecule has 0 saturated heterocycles. The van der Waals surface area contributed by atoms with E-state index >= 15 is 0 Å². The third kappa shape index (κ3) is 7.05. The molecule has 0 aliphatic heterocycles.